The molecule has 0 aliphatic carbocycles. The van der Waals surface area contributed by atoms with Crippen LogP contribution in [0.25, 0.3) is 0 Å². The molecule has 3 N–H and O–H groups in total. The van der Waals surface area contributed by atoms with E-state index >= 15 is 0 Å². The van der Waals surface area contributed by atoms with Gasteiger partial charge in [-0.2, -0.15) is 5.10 Å². The number of hydrogen-bond donors (Lipinski definition) is 3. The summed E-state index contributed by atoms with van der Waals surface area (Å²) in [5.41, 5.74) is 3.05. The van der Waals surface area contributed by atoms with E-state index in [0.29, 0.717) is 5.56 Å². The van der Waals surface area contributed by atoms with Gasteiger partial charge >= 0.3 is 0 Å². The van der Waals surface area contributed by atoms with Gasteiger partial charge in [-0.25, -0.2) is 4.39 Å². The molecule has 2 rings (SSSR count). The number of H-pyrrole nitrogens is 1. The Morgan fingerprint density at radius 2 is 2.25 bits per heavy atom. The molecule has 1 aromatic heterocycles. The molecule has 0 fully saturated rings. The maximum atomic E-state index is 12.9. The molecule has 0 amide bonds. The third-order valence-electron chi connectivity index (χ3n) is 3.47. The fraction of sp³-hybridized carbons (Fsp3) is 0.400. The van der Waals surface area contributed by atoms with Crippen LogP contribution in [-0.2, 0) is 6.42 Å². The molecule has 4 nitrogen and oxygen atoms in total. The first-order chi connectivity index (χ1) is 9.58. The molecule has 108 valence electrons. The lowest BCUT2D eigenvalue weighted by atomic mass is 10.1. The number of phenols is 1. The van der Waals surface area contributed by atoms with Gasteiger partial charge in [0.25, 0.3) is 0 Å². The molecule has 0 radical (unpaired) electrons. The third kappa shape index (κ3) is 3.57. The van der Waals surface area contributed by atoms with Gasteiger partial charge in [0.05, 0.1) is 6.20 Å². The summed E-state index contributed by atoms with van der Waals surface area (Å²) >= 11 is 0. The summed E-state index contributed by atoms with van der Waals surface area (Å²) in [5, 5.41) is 19.9. The van der Waals surface area contributed by atoms with E-state index in [0.717, 1.165) is 31.1 Å². The van der Waals surface area contributed by atoms with Crippen molar-refractivity contribution in [3.8, 4) is 5.75 Å². The maximum absolute atomic E-state index is 12.9. The van der Waals surface area contributed by atoms with Crippen molar-refractivity contribution >= 4 is 0 Å². The van der Waals surface area contributed by atoms with Crippen LogP contribution in [0.5, 0.6) is 5.75 Å². The highest BCUT2D eigenvalue weighted by atomic mass is 19.1. The van der Waals surface area contributed by atoms with E-state index in [4.69, 9.17) is 0 Å². The van der Waals surface area contributed by atoms with E-state index in [1.807, 2.05) is 20.0 Å². The van der Waals surface area contributed by atoms with Crippen LogP contribution in [0.1, 0.15) is 36.2 Å². The Balaban J connectivity index is 1.80. The molecule has 1 unspecified atom stereocenters. The monoisotopic (exact) mass is 277 g/mol. The van der Waals surface area contributed by atoms with Gasteiger partial charge in [0.1, 0.15) is 11.6 Å². The fourth-order valence-electron chi connectivity index (χ4n) is 2.22. The van der Waals surface area contributed by atoms with Crippen LogP contribution < -0.4 is 5.32 Å². The molecule has 0 aliphatic heterocycles. The highest BCUT2D eigenvalue weighted by Crippen LogP contribution is 2.24. The normalized spacial score (nSPS) is 12.6. The van der Waals surface area contributed by atoms with Gasteiger partial charge in [-0.15, -0.1) is 0 Å². The molecule has 1 heterocycles. The first-order valence-electron chi connectivity index (χ1n) is 6.78. The lowest BCUT2D eigenvalue weighted by Crippen LogP contribution is -2.20. The molecule has 0 bridgehead atoms. The van der Waals surface area contributed by atoms with Gasteiger partial charge in [0, 0.05) is 23.4 Å². The molecule has 5 heteroatoms. The Labute approximate surface area is 118 Å². The van der Waals surface area contributed by atoms with Crippen molar-refractivity contribution < 1.29 is 9.50 Å². The molecule has 0 spiro atoms. The zero-order valence-corrected chi connectivity index (χ0v) is 11.8. The van der Waals surface area contributed by atoms with Crippen molar-refractivity contribution in [2.45, 2.75) is 32.7 Å². The Bertz CT molecular complexity index is 568. The van der Waals surface area contributed by atoms with Gasteiger partial charge in [-0.05, 0) is 44.9 Å². The number of aromatic amines is 1. The molecule has 0 saturated carbocycles. The van der Waals surface area contributed by atoms with Crippen molar-refractivity contribution in [2.24, 2.45) is 0 Å². The minimum atomic E-state index is -0.422. The summed E-state index contributed by atoms with van der Waals surface area (Å²) < 4.78 is 12.9. The second kappa shape index (κ2) is 6.52. The van der Waals surface area contributed by atoms with E-state index in [9.17, 15) is 9.50 Å². The third-order valence-corrected chi connectivity index (χ3v) is 3.47. The van der Waals surface area contributed by atoms with Crippen molar-refractivity contribution in [3.05, 3.63) is 47.0 Å². The van der Waals surface area contributed by atoms with E-state index in [1.165, 1.54) is 11.6 Å². The van der Waals surface area contributed by atoms with Crippen molar-refractivity contribution in [3.63, 3.8) is 0 Å². The van der Waals surface area contributed by atoms with Crippen LogP contribution >= 0.6 is 0 Å². The lowest BCUT2D eigenvalue weighted by Gasteiger charge is -2.15. The number of rotatable bonds is 6. The van der Waals surface area contributed by atoms with E-state index in [1.54, 1.807) is 6.07 Å². The van der Waals surface area contributed by atoms with Crippen molar-refractivity contribution in [1.29, 1.82) is 0 Å². The highest BCUT2D eigenvalue weighted by Gasteiger charge is 2.10. The molecular formula is C15H20FN3O. The topological polar surface area (TPSA) is 60.9 Å². The van der Waals surface area contributed by atoms with Crippen LogP contribution in [0, 0.1) is 12.7 Å². The van der Waals surface area contributed by atoms with Crippen LogP contribution in [-0.4, -0.2) is 21.8 Å². The second-order valence-electron chi connectivity index (χ2n) is 5.00. The number of hydrogen-bond acceptors (Lipinski definition) is 3. The quantitative estimate of drug-likeness (QED) is 0.712. The smallest absolute Gasteiger partial charge is 0.126 e. The maximum Gasteiger partial charge on any atom is 0.126 e. The molecule has 20 heavy (non-hydrogen) atoms. The molecule has 1 aromatic carbocycles. The van der Waals surface area contributed by atoms with Crippen LogP contribution in [0.3, 0.4) is 0 Å². The average molecular weight is 277 g/mol. The van der Waals surface area contributed by atoms with Crippen LogP contribution in [0.4, 0.5) is 4.39 Å². The van der Waals surface area contributed by atoms with Crippen LogP contribution in [0.2, 0.25) is 0 Å². The van der Waals surface area contributed by atoms with Crippen molar-refractivity contribution in [2.75, 3.05) is 6.54 Å². The lowest BCUT2D eigenvalue weighted by molar-refractivity contribution is 0.446. The Morgan fingerprint density at radius 1 is 1.45 bits per heavy atom. The minimum absolute atomic E-state index is 0.00400. The molecular weight excluding hydrogens is 257 g/mol. The molecule has 0 aliphatic rings. The number of phenolic OH excluding ortho intramolecular Hbond substituents is 1. The fourth-order valence-corrected chi connectivity index (χ4v) is 2.22. The summed E-state index contributed by atoms with van der Waals surface area (Å²) in [7, 11) is 0. The molecule has 2 aromatic rings. The SMILES string of the molecule is Cc1[nH]ncc1CCCNC(C)c1ccc(F)cc1O. The summed E-state index contributed by atoms with van der Waals surface area (Å²) in [5.74, 6) is -0.426. The summed E-state index contributed by atoms with van der Waals surface area (Å²) in [4.78, 5) is 0. The number of nitrogens with zero attached hydrogens (tertiary/aromatic N) is 1. The van der Waals surface area contributed by atoms with Gasteiger partial charge in [-0.1, -0.05) is 6.07 Å². The Morgan fingerprint density at radius 3 is 2.90 bits per heavy atom. The Kier molecular flexibility index (Phi) is 4.74. The van der Waals surface area contributed by atoms with Crippen molar-refractivity contribution in [1.82, 2.24) is 15.5 Å². The number of benzene rings is 1. The number of aromatic nitrogens is 2. The molecule has 1 atom stereocenters. The van der Waals surface area contributed by atoms with E-state index in [2.05, 4.69) is 15.5 Å². The first kappa shape index (κ1) is 14.5. The van der Waals surface area contributed by atoms with Gasteiger partial charge in [-0.3, -0.25) is 5.10 Å². The van der Waals surface area contributed by atoms with Gasteiger partial charge < -0.3 is 10.4 Å². The zero-order valence-electron chi connectivity index (χ0n) is 11.8. The molecule has 0 saturated heterocycles. The highest BCUT2D eigenvalue weighted by molar-refractivity contribution is 5.34. The number of aryl methyl sites for hydroxylation is 2. The number of nitrogens with one attached hydrogen (secondary N) is 2. The first-order valence-corrected chi connectivity index (χ1v) is 6.78. The zero-order chi connectivity index (χ0) is 14.5. The minimum Gasteiger partial charge on any atom is -0.508 e. The number of halogens is 1. The van der Waals surface area contributed by atoms with E-state index in [-0.39, 0.29) is 11.8 Å². The summed E-state index contributed by atoms with van der Waals surface area (Å²) in [6, 6.07) is 4.11. The second-order valence-corrected chi connectivity index (χ2v) is 5.00. The number of aromatic hydroxyl groups is 1. The Hall–Kier alpha value is -1.88. The van der Waals surface area contributed by atoms with E-state index < -0.39 is 5.82 Å². The predicted molar refractivity (Wildman–Crippen MR) is 76.1 cm³/mol. The van der Waals surface area contributed by atoms with Gasteiger partial charge in [0.2, 0.25) is 0 Å². The summed E-state index contributed by atoms with van der Waals surface area (Å²) in [6.07, 6.45) is 3.79. The van der Waals surface area contributed by atoms with Gasteiger partial charge in [0.15, 0.2) is 0 Å². The largest absolute Gasteiger partial charge is 0.508 e. The standard InChI is InChI=1S/C15H20FN3O/c1-10-12(9-18-19-10)4-3-7-17-11(2)14-6-5-13(16)8-15(14)20/h5-6,8-9,11,17,20H,3-4,7H2,1-2H3,(H,18,19). The summed E-state index contributed by atoms with van der Waals surface area (Å²) in [6.45, 7) is 4.79. The average Bonchev–Trinajstić information content (AvgIpc) is 2.80. The van der Waals surface area contributed by atoms with Crippen LogP contribution in [0.15, 0.2) is 24.4 Å². The predicted octanol–water partition coefficient (Wildman–Crippen LogP) is 2.85.